The number of fused-ring (bicyclic) bond motifs is 1. The highest BCUT2D eigenvalue weighted by atomic mass is 15.1. The molecule has 4 rings (SSSR count). The standard InChI is InChI=1S/C22H19N3/c1-17-11-13-19(14-12-17)23-24-21-16-25(15-18-7-3-2-4-8-18)22-10-6-5-9-20(21)22/h2-14,16H,15H2,1H3. The van der Waals surface area contributed by atoms with Gasteiger partial charge < -0.3 is 4.57 Å². The molecule has 1 aromatic heterocycles. The zero-order chi connectivity index (χ0) is 17.1. The quantitative estimate of drug-likeness (QED) is 0.388. The summed E-state index contributed by atoms with van der Waals surface area (Å²) in [4.78, 5) is 0. The lowest BCUT2D eigenvalue weighted by Crippen LogP contribution is -1.96. The maximum atomic E-state index is 4.50. The molecule has 0 bridgehead atoms. The van der Waals surface area contributed by atoms with Gasteiger partial charge in [-0.25, -0.2) is 0 Å². The van der Waals surface area contributed by atoms with Gasteiger partial charge in [0.1, 0.15) is 5.69 Å². The highest BCUT2D eigenvalue weighted by molar-refractivity contribution is 5.91. The third-order valence-electron chi connectivity index (χ3n) is 4.27. The Morgan fingerprint density at radius 3 is 2.28 bits per heavy atom. The van der Waals surface area contributed by atoms with Gasteiger partial charge in [0.15, 0.2) is 0 Å². The van der Waals surface area contributed by atoms with Crippen molar-refractivity contribution in [1.82, 2.24) is 4.57 Å². The summed E-state index contributed by atoms with van der Waals surface area (Å²) < 4.78 is 2.23. The van der Waals surface area contributed by atoms with Crippen LogP contribution in [0, 0.1) is 6.92 Å². The first-order valence-corrected chi connectivity index (χ1v) is 8.40. The first-order valence-electron chi connectivity index (χ1n) is 8.40. The molecule has 122 valence electrons. The minimum atomic E-state index is 0.821. The molecule has 0 saturated carbocycles. The lowest BCUT2D eigenvalue weighted by Gasteiger charge is -2.04. The van der Waals surface area contributed by atoms with E-state index in [1.165, 1.54) is 16.6 Å². The number of aromatic nitrogens is 1. The Kier molecular flexibility index (Phi) is 4.13. The molecule has 1 heterocycles. The topological polar surface area (TPSA) is 29.6 Å². The van der Waals surface area contributed by atoms with Crippen molar-refractivity contribution in [2.45, 2.75) is 13.5 Å². The normalized spacial score (nSPS) is 11.4. The van der Waals surface area contributed by atoms with Crippen LogP contribution < -0.4 is 0 Å². The van der Waals surface area contributed by atoms with Crippen LogP contribution in [0.5, 0.6) is 0 Å². The monoisotopic (exact) mass is 325 g/mol. The number of hydrogen-bond acceptors (Lipinski definition) is 2. The van der Waals surface area contributed by atoms with Crippen LogP contribution in [-0.4, -0.2) is 4.57 Å². The van der Waals surface area contributed by atoms with Crippen LogP contribution >= 0.6 is 0 Å². The van der Waals surface area contributed by atoms with Crippen LogP contribution in [-0.2, 0) is 6.54 Å². The Balaban J connectivity index is 1.70. The van der Waals surface area contributed by atoms with Gasteiger partial charge >= 0.3 is 0 Å². The Morgan fingerprint density at radius 2 is 1.48 bits per heavy atom. The lowest BCUT2D eigenvalue weighted by atomic mass is 10.2. The molecule has 0 spiro atoms. The molecule has 0 aliphatic carbocycles. The maximum Gasteiger partial charge on any atom is 0.111 e. The minimum absolute atomic E-state index is 0.821. The molecule has 0 unspecified atom stereocenters. The second-order valence-electron chi connectivity index (χ2n) is 6.18. The van der Waals surface area contributed by atoms with Gasteiger partial charge in [-0.3, -0.25) is 0 Å². The fourth-order valence-electron chi connectivity index (χ4n) is 2.94. The van der Waals surface area contributed by atoms with Crippen molar-refractivity contribution in [3.8, 4) is 0 Å². The molecule has 25 heavy (non-hydrogen) atoms. The van der Waals surface area contributed by atoms with Gasteiger partial charge in [0.2, 0.25) is 0 Å². The first kappa shape index (κ1) is 15.3. The first-order chi connectivity index (χ1) is 12.3. The number of aryl methyl sites for hydroxylation is 1. The Morgan fingerprint density at radius 1 is 0.760 bits per heavy atom. The number of para-hydroxylation sites is 1. The molecule has 0 N–H and O–H groups in total. The second-order valence-corrected chi connectivity index (χ2v) is 6.18. The average Bonchev–Trinajstić information content (AvgIpc) is 3.00. The average molecular weight is 325 g/mol. The summed E-state index contributed by atoms with van der Waals surface area (Å²) >= 11 is 0. The van der Waals surface area contributed by atoms with Gasteiger partial charge in [0, 0.05) is 18.1 Å². The number of benzene rings is 3. The van der Waals surface area contributed by atoms with Gasteiger partial charge in [0.05, 0.1) is 11.2 Å². The van der Waals surface area contributed by atoms with Crippen molar-refractivity contribution >= 4 is 22.3 Å². The highest BCUT2D eigenvalue weighted by Crippen LogP contribution is 2.30. The number of hydrogen-bond donors (Lipinski definition) is 0. The second kappa shape index (κ2) is 6.73. The summed E-state index contributed by atoms with van der Waals surface area (Å²) in [6, 6.07) is 26.9. The smallest absolute Gasteiger partial charge is 0.111 e. The van der Waals surface area contributed by atoms with Crippen LogP contribution in [0.1, 0.15) is 11.1 Å². The third-order valence-corrected chi connectivity index (χ3v) is 4.27. The molecule has 0 aliphatic heterocycles. The molecular weight excluding hydrogens is 306 g/mol. The van der Waals surface area contributed by atoms with Crippen LogP contribution in [0.3, 0.4) is 0 Å². The summed E-state index contributed by atoms with van der Waals surface area (Å²) in [7, 11) is 0. The fourth-order valence-corrected chi connectivity index (χ4v) is 2.94. The van der Waals surface area contributed by atoms with Crippen LogP contribution in [0.2, 0.25) is 0 Å². The van der Waals surface area contributed by atoms with E-state index >= 15 is 0 Å². The van der Waals surface area contributed by atoms with E-state index in [2.05, 4.69) is 70.4 Å². The van der Waals surface area contributed by atoms with E-state index in [1.807, 2.05) is 36.4 Å². The van der Waals surface area contributed by atoms with Crippen LogP contribution in [0.15, 0.2) is 95.3 Å². The predicted octanol–water partition coefficient (Wildman–Crippen LogP) is 6.41. The van der Waals surface area contributed by atoms with Gasteiger partial charge in [-0.2, -0.15) is 5.11 Å². The molecule has 4 aromatic rings. The van der Waals surface area contributed by atoms with E-state index in [0.29, 0.717) is 0 Å². The molecule has 0 amide bonds. The van der Waals surface area contributed by atoms with E-state index in [-0.39, 0.29) is 0 Å². The van der Waals surface area contributed by atoms with Crippen LogP contribution in [0.4, 0.5) is 11.4 Å². The summed E-state index contributed by atoms with van der Waals surface area (Å²) in [6.45, 7) is 2.89. The fraction of sp³-hybridized carbons (Fsp3) is 0.0909. The van der Waals surface area contributed by atoms with Crippen molar-refractivity contribution in [2.24, 2.45) is 10.2 Å². The predicted molar refractivity (Wildman–Crippen MR) is 103 cm³/mol. The van der Waals surface area contributed by atoms with Crippen molar-refractivity contribution in [3.63, 3.8) is 0 Å². The van der Waals surface area contributed by atoms with Crippen LogP contribution in [0.25, 0.3) is 10.9 Å². The molecular formula is C22H19N3. The van der Waals surface area contributed by atoms with Crippen molar-refractivity contribution in [1.29, 1.82) is 0 Å². The van der Waals surface area contributed by atoms with Gasteiger partial charge in [0.25, 0.3) is 0 Å². The molecule has 3 nitrogen and oxygen atoms in total. The van der Waals surface area contributed by atoms with E-state index in [4.69, 9.17) is 0 Å². The largest absolute Gasteiger partial charge is 0.341 e. The lowest BCUT2D eigenvalue weighted by molar-refractivity contribution is 0.836. The summed E-state index contributed by atoms with van der Waals surface area (Å²) in [5.41, 5.74) is 5.42. The Bertz CT molecular complexity index is 1010. The summed E-state index contributed by atoms with van der Waals surface area (Å²) in [5, 5.41) is 10.0. The molecule has 0 atom stereocenters. The van der Waals surface area contributed by atoms with Gasteiger partial charge in [-0.05, 0) is 30.7 Å². The summed E-state index contributed by atoms with van der Waals surface area (Å²) in [5.74, 6) is 0. The van der Waals surface area contributed by atoms with Crippen molar-refractivity contribution < 1.29 is 0 Å². The molecule has 0 saturated heterocycles. The van der Waals surface area contributed by atoms with Crippen molar-refractivity contribution in [3.05, 3.63) is 96.2 Å². The number of rotatable bonds is 4. The van der Waals surface area contributed by atoms with E-state index in [9.17, 15) is 0 Å². The van der Waals surface area contributed by atoms with Gasteiger partial charge in [-0.1, -0.05) is 66.2 Å². The zero-order valence-corrected chi connectivity index (χ0v) is 14.1. The molecule has 3 aromatic carbocycles. The molecule has 3 heteroatoms. The third kappa shape index (κ3) is 3.36. The molecule has 0 aliphatic rings. The van der Waals surface area contributed by atoms with E-state index < -0.39 is 0 Å². The molecule has 0 fully saturated rings. The SMILES string of the molecule is Cc1ccc(N=Nc2cn(Cc3ccccc3)c3ccccc23)cc1. The minimum Gasteiger partial charge on any atom is -0.341 e. The zero-order valence-electron chi connectivity index (χ0n) is 14.1. The van der Waals surface area contributed by atoms with E-state index in [1.54, 1.807) is 0 Å². The Hall–Kier alpha value is -3.20. The van der Waals surface area contributed by atoms with Crippen molar-refractivity contribution in [2.75, 3.05) is 0 Å². The number of azo groups is 1. The molecule has 0 radical (unpaired) electrons. The van der Waals surface area contributed by atoms with E-state index in [0.717, 1.165) is 23.3 Å². The number of nitrogens with zero attached hydrogens (tertiary/aromatic N) is 3. The summed E-state index contributed by atoms with van der Waals surface area (Å²) in [6.07, 6.45) is 2.08. The highest BCUT2D eigenvalue weighted by Gasteiger charge is 2.08. The Labute approximate surface area is 147 Å². The van der Waals surface area contributed by atoms with Gasteiger partial charge in [-0.15, -0.1) is 5.11 Å². The maximum absolute atomic E-state index is 4.50.